The van der Waals surface area contributed by atoms with E-state index in [2.05, 4.69) is 0 Å². The number of para-hydroxylation sites is 2. The summed E-state index contributed by atoms with van der Waals surface area (Å²) in [7, 11) is 0. The van der Waals surface area contributed by atoms with Crippen molar-refractivity contribution in [3.05, 3.63) is 36.4 Å². The maximum Gasteiger partial charge on any atom is 0.161 e. The number of hydrogen-bond acceptors (Lipinski definition) is 3. The molecular weight excluding hydrogens is 190 g/mol. The molecule has 0 fully saturated rings. The van der Waals surface area contributed by atoms with Crippen LogP contribution < -0.4 is 15.2 Å². The fraction of sp³-hybridized carbons (Fsp3) is 0.333. The molecule has 0 saturated heterocycles. The third-order valence-corrected chi connectivity index (χ3v) is 1.79. The van der Waals surface area contributed by atoms with E-state index in [1.807, 2.05) is 43.3 Å². The summed E-state index contributed by atoms with van der Waals surface area (Å²) < 4.78 is 10.9. The highest BCUT2D eigenvalue weighted by atomic mass is 16.5. The zero-order valence-electron chi connectivity index (χ0n) is 8.98. The van der Waals surface area contributed by atoms with Crippen LogP contribution >= 0.6 is 0 Å². The van der Waals surface area contributed by atoms with Gasteiger partial charge < -0.3 is 15.2 Å². The standard InChI is InChI=1S/C12H17NO2/c1-2-14-11-7-3-4-8-12(11)15-10-6-5-9-13/h3-8H,2,9-10,13H2,1H3. The average molecular weight is 207 g/mol. The van der Waals surface area contributed by atoms with Crippen LogP contribution in [0.1, 0.15) is 6.92 Å². The Morgan fingerprint density at radius 2 is 1.80 bits per heavy atom. The Morgan fingerprint density at radius 3 is 2.40 bits per heavy atom. The van der Waals surface area contributed by atoms with Gasteiger partial charge in [-0.1, -0.05) is 24.3 Å². The fourth-order valence-corrected chi connectivity index (χ4v) is 1.15. The predicted molar refractivity (Wildman–Crippen MR) is 61.3 cm³/mol. The van der Waals surface area contributed by atoms with E-state index in [0.717, 1.165) is 11.5 Å². The van der Waals surface area contributed by atoms with Crippen molar-refractivity contribution >= 4 is 0 Å². The van der Waals surface area contributed by atoms with E-state index in [0.29, 0.717) is 19.8 Å². The highest BCUT2D eigenvalue weighted by Gasteiger charge is 2.01. The van der Waals surface area contributed by atoms with Gasteiger partial charge in [0.05, 0.1) is 6.61 Å². The van der Waals surface area contributed by atoms with E-state index in [-0.39, 0.29) is 0 Å². The number of ether oxygens (including phenoxy) is 2. The molecule has 1 rings (SSSR count). The second-order valence-electron chi connectivity index (χ2n) is 2.90. The maximum absolute atomic E-state index is 5.52. The van der Waals surface area contributed by atoms with Crippen LogP contribution in [0.4, 0.5) is 0 Å². The first-order chi connectivity index (χ1) is 7.38. The van der Waals surface area contributed by atoms with Gasteiger partial charge in [0.2, 0.25) is 0 Å². The van der Waals surface area contributed by atoms with Gasteiger partial charge in [-0.15, -0.1) is 0 Å². The van der Waals surface area contributed by atoms with Crippen LogP contribution in [0, 0.1) is 0 Å². The molecule has 0 amide bonds. The van der Waals surface area contributed by atoms with Gasteiger partial charge >= 0.3 is 0 Å². The van der Waals surface area contributed by atoms with Gasteiger partial charge in [-0.25, -0.2) is 0 Å². The Morgan fingerprint density at radius 1 is 1.13 bits per heavy atom. The summed E-state index contributed by atoms with van der Waals surface area (Å²) in [6.07, 6.45) is 3.76. The van der Waals surface area contributed by atoms with Crippen molar-refractivity contribution in [3.8, 4) is 11.5 Å². The van der Waals surface area contributed by atoms with E-state index in [1.165, 1.54) is 0 Å². The zero-order valence-corrected chi connectivity index (χ0v) is 8.98. The summed E-state index contributed by atoms with van der Waals surface area (Å²) >= 11 is 0. The van der Waals surface area contributed by atoms with Gasteiger partial charge in [0.25, 0.3) is 0 Å². The lowest BCUT2D eigenvalue weighted by atomic mass is 10.3. The van der Waals surface area contributed by atoms with E-state index in [4.69, 9.17) is 15.2 Å². The number of rotatable bonds is 6. The van der Waals surface area contributed by atoms with Crippen molar-refractivity contribution in [2.45, 2.75) is 6.92 Å². The van der Waals surface area contributed by atoms with Crippen LogP contribution in [0.25, 0.3) is 0 Å². The molecule has 0 aliphatic rings. The van der Waals surface area contributed by atoms with Crippen LogP contribution in [0.3, 0.4) is 0 Å². The second kappa shape index (κ2) is 6.90. The van der Waals surface area contributed by atoms with E-state index >= 15 is 0 Å². The number of benzene rings is 1. The van der Waals surface area contributed by atoms with Crippen molar-refractivity contribution in [1.29, 1.82) is 0 Å². The molecule has 0 aliphatic carbocycles. The minimum Gasteiger partial charge on any atom is -0.490 e. The van der Waals surface area contributed by atoms with Crippen molar-refractivity contribution < 1.29 is 9.47 Å². The van der Waals surface area contributed by atoms with Crippen LogP contribution in [-0.2, 0) is 0 Å². The van der Waals surface area contributed by atoms with Crippen LogP contribution in [0.2, 0.25) is 0 Å². The first kappa shape index (κ1) is 11.6. The molecule has 2 N–H and O–H groups in total. The minimum atomic E-state index is 0.515. The van der Waals surface area contributed by atoms with Crippen molar-refractivity contribution in [3.63, 3.8) is 0 Å². The summed E-state index contributed by atoms with van der Waals surface area (Å²) in [6, 6.07) is 7.63. The fourth-order valence-electron chi connectivity index (χ4n) is 1.15. The SMILES string of the molecule is CCOc1ccccc1OCC=CCN. The van der Waals surface area contributed by atoms with Gasteiger partial charge in [-0.3, -0.25) is 0 Å². The van der Waals surface area contributed by atoms with Crippen molar-refractivity contribution in [2.75, 3.05) is 19.8 Å². The molecule has 3 heteroatoms. The molecule has 0 heterocycles. The van der Waals surface area contributed by atoms with Gasteiger partial charge in [-0.2, -0.15) is 0 Å². The monoisotopic (exact) mass is 207 g/mol. The molecule has 0 radical (unpaired) electrons. The molecule has 0 atom stereocenters. The third kappa shape index (κ3) is 4.04. The Kier molecular flexibility index (Phi) is 5.33. The molecule has 0 bridgehead atoms. The van der Waals surface area contributed by atoms with Crippen LogP contribution in [0.5, 0.6) is 11.5 Å². The summed E-state index contributed by atoms with van der Waals surface area (Å²) in [6.45, 7) is 3.64. The Balaban J connectivity index is 2.55. The Bertz CT molecular complexity index is 310. The highest BCUT2D eigenvalue weighted by Crippen LogP contribution is 2.26. The Labute approximate surface area is 90.5 Å². The van der Waals surface area contributed by atoms with E-state index in [1.54, 1.807) is 0 Å². The lowest BCUT2D eigenvalue weighted by molar-refractivity contribution is 0.296. The molecule has 15 heavy (non-hydrogen) atoms. The molecule has 0 aliphatic heterocycles. The van der Waals surface area contributed by atoms with Gasteiger partial charge in [0, 0.05) is 6.54 Å². The lowest BCUT2D eigenvalue weighted by Gasteiger charge is -2.09. The van der Waals surface area contributed by atoms with Crippen LogP contribution in [-0.4, -0.2) is 19.8 Å². The lowest BCUT2D eigenvalue weighted by Crippen LogP contribution is -1.99. The van der Waals surface area contributed by atoms with Crippen molar-refractivity contribution in [1.82, 2.24) is 0 Å². The zero-order chi connectivity index (χ0) is 10.9. The minimum absolute atomic E-state index is 0.515. The second-order valence-corrected chi connectivity index (χ2v) is 2.90. The third-order valence-electron chi connectivity index (χ3n) is 1.79. The first-order valence-corrected chi connectivity index (χ1v) is 5.08. The average Bonchev–Trinajstić information content (AvgIpc) is 2.27. The van der Waals surface area contributed by atoms with Crippen LogP contribution in [0.15, 0.2) is 36.4 Å². The molecule has 1 aromatic rings. The predicted octanol–water partition coefficient (Wildman–Crippen LogP) is 1.98. The quantitative estimate of drug-likeness (QED) is 0.725. The van der Waals surface area contributed by atoms with E-state index < -0.39 is 0 Å². The molecule has 0 spiro atoms. The highest BCUT2D eigenvalue weighted by molar-refractivity contribution is 5.39. The summed E-state index contributed by atoms with van der Waals surface area (Å²) in [5.74, 6) is 1.54. The molecule has 0 unspecified atom stereocenters. The largest absolute Gasteiger partial charge is 0.490 e. The summed E-state index contributed by atoms with van der Waals surface area (Å²) in [4.78, 5) is 0. The normalized spacial score (nSPS) is 10.5. The van der Waals surface area contributed by atoms with E-state index in [9.17, 15) is 0 Å². The smallest absolute Gasteiger partial charge is 0.161 e. The molecule has 1 aromatic carbocycles. The molecular formula is C12H17NO2. The molecule has 0 aromatic heterocycles. The molecule has 3 nitrogen and oxygen atoms in total. The van der Waals surface area contributed by atoms with Gasteiger partial charge in [0.1, 0.15) is 6.61 Å². The number of hydrogen-bond donors (Lipinski definition) is 1. The molecule has 0 saturated carbocycles. The molecule has 82 valence electrons. The summed E-state index contributed by atoms with van der Waals surface area (Å²) in [5.41, 5.74) is 5.32. The summed E-state index contributed by atoms with van der Waals surface area (Å²) in [5, 5.41) is 0. The Hall–Kier alpha value is -1.48. The number of nitrogens with two attached hydrogens (primary N) is 1. The van der Waals surface area contributed by atoms with Crippen molar-refractivity contribution in [2.24, 2.45) is 5.73 Å². The first-order valence-electron chi connectivity index (χ1n) is 5.08. The van der Waals surface area contributed by atoms with Gasteiger partial charge in [-0.05, 0) is 19.1 Å². The topological polar surface area (TPSA) is 44.5 Å². The maximum atomic E-state index is 5.52. The van der Waals surface area contributed by atoms with Gasteiger partial charge in [0.15, 0.2) is 11.5 Å².